The van der Waals surface area contributed by atoms with Crippen LogP contribution in [0.2, 0.25) is 10.0 Å². The molecule has 3 rings (SSSR count). The van der Waals surface area contributed by atoms with Gasteiger partial charge in [0.2, 0.25) is 0 Å². The number of hydrogen-bond donors (Lipinski definition) is 1. The zero-order chi connectivity index (χ0) is 18.0. The first-order valence-corrected chi connectivity index (χ1v) is 8.55. The van der Waals surface area contributed by atoms with Gasteiger partial charge in [0.15, 0.2) is 0 Å². The molecule has 3 aromatic rings. The second-order valence-corrected chi connectivity index (χ2v) is 6.37. The molecule has 0 fully saturated rings. The van der Waals surface area contributed by atoms with Gasteiger partial charge in [0.05, 0.1) is 5.69 Å². The second kappa shape index (κ2) is 7.14. The van der Waals surface area contributed by atoms with E-state index in [4.69, 9.17) is 28.9 Å². The zero-order valence-electron chi connectivity index (χ0n) is 13.6. The molecular formula is C20H15Cl2N3. The average molecular weight is 368 g/mol. The van der Waals surface area contributed by atoms with E-state index in [-0.39, 0.29) is 5.82 Å². The highest BCUT2D eigenvalue weighted by Gasteiger charge is 2.21. The van der Waals surface area contributed by atoms with Crippen LogP contribution < -0.4 is 5.73 Å². The fourth-order valence-electron chi connectivity index (χ4n) is 2.92. The van der Waals surface area contributed by atoms with E-state index in [0.29, 0.717) is 22.0 Å². The molecule has 0 aliphatic carbocycles. The van der Waals surface area contributed by atoms with Crippen molar-refractivity contribution in [1.29, 1.82) is 5.26 Å². The Bertz CT molecular complexity index is 976. The van der Waals surface area contributed by atoms with E-state index < -0.39 is 0 Å². The molecule has 2 aromatic carbocycles. The minimum atomic E-state index is 0.194. The van der Waals surface area contributed by atoms with Gasteiger partial charge < -0.3 is 5.73 Å². The van der Waals surface area contributed by atoms with E-state index in [0.717, 1.165) is 27.9 Å². The SMILES string of the molecule is CCc1c(-c2ccccc2)nc(N)c(C#N)c1-c1ccc(Cl)cc1Cl. The molecule has 0 amide bonds. The molecular weight excluding hydrogens is 353 g/mol. The summed E-state index contributed by atoms with van der Waals surface area (Å²) in [6.45, 7) is 2.02. The maximum atomic E-state index is 9.65. The smallest absolute Gasteiger partial charge is 0.142 e. The summed E-state index contributed by atoms with van der Waals surface area (Å²) in [4.78, 5) is 4.50. The van der Waals surface area contributed by atoms with Crippen LogP contribution in [0.15, 0.2) is 48.5 Å². The molecule has 0 saturated heterocycles. The lowest BCUT2D eigenvalue weighted by atomic mass is 9.90. The van der Waals surface area contributed by atoms with Crippen LogP contribution in [0.3, 0.4) is 0 Å². The number of anilines is 1. The van der Waals surface area contributed by atoms with Crippen LogP contribution in [-0.4, -0.2) is 4.98 Å². The van der Waals surface area contributed by atoms with E-state index in [1.807, 2.05) is 43.3 Å². The van der Waals surface area contributed by atoms with Crippen molar-refractivity contribution in [3.8, 4) is 28.5 Å². The molecule has 3 nitrogen and oxygen atoms in total. The van der Waals surface area contributed by atoms with Crippen LogP contribution in [0.4, 0.5) is 5.82 Å². The van der Waals surface area contributed by atoms with Gasteiger partial charge in [-0.25, -0.2) is 4.98 Å². The van der Waals surface area contributed by atoms with Gasteiger partial charge in [0.1, 0.15) is 17.5 Å². The Morgan fingerprint density at radius 3 is 2.44 bits per heavy atom. The lowest BCUT2D eigenvalue weighted by Crippen LogP contribution is -2.05. The standard InChI is InChI=1S/C20H15Cl2N3/c1-2-14-18(15-9-8-13(21)10-17(15)22)16(11-23)20(24)25-19(14)12-6-4-3-5-7-12/h3-10H,2H2,1H3,(H2,24,25). The molecule has 5 heteroatoms. The number of nitrogens with zero attached hydrogens (tertiary/aromatic N) is 2. The number of nitrogen functional groups attached to an aromatic ring is 1. The van der Waals surface area contributed by atoms with Crippen molar-refractivity contribution in [2.75, 3.05) is 5.73 Å². The largest absolute Gasteiger partial charge is 0.383 e. The first-order chi connectivity index (χ1) is 12.1. The molecule has 0 spiro atoms. The first kappa shape index (κ1) is 17.3. The quantitative estimate of drug-likeness (QED) is 0.641. The van der Waals surface area contributed by atoms with Crippen molar-refractivity contribution >= 4 is 29.0 Å². The molecule has 0 aliphatic rings. The average Bonchev–Trinajstić information content (AvgIpc) is 2.62. The highest BCUT2D eigenvalue weighted by Crippen LogP contribution is 2.40. The summed E-state index contributed by atoms with van der Waals surface area (Å²) in [5.74, 6) is 0.194. The van der Waals surface area contributed by atoms with Crippen LogP contribution in [-0.2, 0) is 6.42 Å². The van der Waals surface area contributed by atoms with Crippen LogP contribution in [0.1, 0.15) is 18.1 Å². The van der Waals surface area contributed by atoms with E-state index in [1.165, 1.54) is 0 Å². The third-order valence-electron chi connectivity index (χ3n) is 4.04. The lowest BCUT2D eigenvalue weighted by molar-refractivity contribution is 1.11. The number of benzene rings is 2. The fraction of sp³-hybridized carbons (Fsp3) is 0.100. The summed E-state index contributed by atoms with van der Waals surface area (Å²) < 4.78 is 0. The summed E-state index contributed by atoms with van der Waals surface area (Å²) in [7, 11) is 0. The van der Waals surface area contributed by atoms with E-state index in [9.17, 15) is 5.26 Å². The Hall–Kier alpha value is -2.54. The number of hydrogen-bond acceptors (Lipinski definition) is 3. The van der Waals surface area contributed by atoms with Gasteiger partial charge in [-0.1, -0.05) is 66.5 Å². The molecule has 124 valence electrons. The van der Waals surface area contributed by atoms with Crippen molar-refractivity contribution in [3.05, 3.63) is 69.7 Å². The van der Waals surface area contributed by atoms with Gasteiger partial charge in [0.25, 0.3) is 0 Å². The van der Waals surface area contributed by atoms with Crippen LogP contribution in [0.25, 0.3) is 22.4 Å². The summed E-state index contributed by atoms with van der Waals surface area (Å²) in [6.07, 6.45) is 0.681. The maximum absolute atomic E-state index is 9.65. The van der Waals surface area contributed by atoms with E-state index >= 15 is 0 Å². The lowest BCUT2D eigenvalue weighted by Gasteiger charge is -2.17. The van der Waals surface area contributed by atoms with Gasteiger partial charge in [0, 0.05) is 26.7 Å². The number of halogens is 2. The molecule has 0 radical (unpaired) electrons. The molecule has 1 heterocycles. The van der Waals surface area contributed by atoms with Gasteiger partial charge in [-0.2, -0.15) is 5.26 Å². The summed E-state index contributed by atoms with van der Waals surface area (Å²) in [6, 6.07) is 17.2. The Morgan fingerprint density at radius 2 is 1.84 bits per heavy atom. The molecule has 25 heavy (non-hydrogen) atoms. The summed E-state index contributed by atoms with van der Waals surface area (Å²) >= 11 is 12.4. The van der Waals surface area contributed by atoms with Gasteiger partial charge in [-0.3, -0.25) is 0 Å². The Labute approximate surface area is 156 Å². The minimum absolute atomic E-state index is 0.194. The van der Waals surface area contributed by atoms with Crippen molar-refractivity contribution in [1.82, 2.24) is 4.98 Å². The van der Waals surface area contributed by atoms with Crippen molar-refractivity contribution < 1.29 is 0 Å². The molecule has 0 saturated carbocycles. The zero-order valence-corrected chi connectivity index (χ0v) is 15.1. The minimum Gasteiger partial charge on any atom is -0.383 e. The monoisotopic (exact) mass is 367 g/mol. The third kappa shape index (κ3) is 3.19. The molecule has 0 bridgehead atoms. The number of rotatable bonds is 3. The van der Waals surface area contributed by atoms with Gasteiger partial charge >= 0.3 is 0 Å². The van der Waals surface area contributed by atoms with Crippen LogP contribution in [0.5, 0.6) is 0 Å². The van der Waals surface area contributed by atoms with Crippen molar-refractivity contribution in [2.45, 2.75) is 13.3 Å². The summed E-state index contributed by atoms with van der Waals surface area (Å²) in [5.41, 5.74) is 10.5. The maximum Gasteiger partial charge on any atom is 0.142 e. The molecule has 0 unspecified atom stereocenters. The van der Waals surface area contributed by atoms with Crippen LogP contribution >= 0.6 is 23.2 Å². The number of aromatic nitrogens is 1. The second-order valence-electron chi connectivity index (χ2n) is 5.53. The predicted molar refractivity (Wildman–Crippen MR) is 104 cm³/mol. The Balaban J connectivity index is 2.40. The van der Waals surface area contributed by atoms with Gasteiger partial charge in [-0.05, 0) is 24.1 Å². The van der Waals surface area contributed by atoms with Crippen molar-refractivity contribution in [2.24, 2.45) is 0 Å². The third-order valence-corrected chi connectivity index (χ3v) is 4.59. The molecule has 1 aromatic heterocycles. The summed E-state index contributed by atoms with van der Waals surface area (Å²) in [5, 5.41) is 10.7. The number of pyridine rings is 1. The number of nitriles is 1. The fourth-order valence-corrected chi connectivity index (χ4v) is 3.43. The van der Waals surface area contributed by atoms with E-state index in [2.05, 4.69) is 11.1 Å². The molecule has 0 atom stereocenters. The normalized spacial score (nSPS) is 10.5. The van der Waals surface area contributed by atoms with Gasteiger partial charge in [-0.15, -0.1) is 0 Å². The molecule has 0 aliphatic heterocycles. The highest BCUT2D eigenvalue weighted by molar-refractivity contribution is 6.36. The van der Waals surface area contributed by atoms with Crippen molar-refractivity contribution in [3.63, 3.8) is 0 Å². The highest BCUT2D eigenvalue weighted by atomic mass is 35.5. The topological polar surface area (TPSA) is 62.7 Å². The van der Waals surface area contributed by atoms with Crippen LogP contribution in [0, 0.1) is 11.3 Å². The number of nitrogens with two attached hydrogens (primary N) is 1. The van der Waals surface area contributed by atoms with E-state index in [1.54, 1.807) is 12.1 Å². The Morgan fingerprint density at radius 1 is 1.12 bits per heavy atom. The predicted octanol–water partition coefficient (Wildman–Crippen LogP) is 5.74. The first-order valence-electron chi connectivity index (χ1n) is 7.80. The Kier molecular flexibility index (Phi) is 4.94. The molecule has 2 N–H and O–H groups in total.